The van der Waals surface area contributed by atoms with Crippen molar-refractivity contribution in [1.82, 2.24) is 0 Å². The Morgan fingerprint density at radius 1 is 1.17 bits per heavy atom. The summed E-state index contributed by atoms with van der Waals surface area (Å²) in [6, 6.07) is 7.02. The first kappa shape index (κ1) is 13.6. The molecule has 0 amide bonds. The lowest BCUT2D eigenvalue weighted by molar-refractivity contribution is 0.168. The Hall–Kier alpha value is -0.820. The third-order valence-corrected chi connectivity index (χ3v) is 4.84. The summed E-state index contributed by atoms with van der Waals surface area (Å²) in [6.07, 6.45) is 7.75. The van der Waals surface area contributed by atoms with E-state index in [9.17, 15) is 0 Å². The second kappa shape index (κ2) is 5.44. The Kier molecular flexibility index (Phi) is 4.11. The van der Waals surface area contributed by atoms with E-state index >= 15 is 0 Å². The lowest BCUT2D eigenvalue weighted by atomic mass is 9.69. The van der Waals surface area contributed by atoms with Gasteiger partial charge in [-0.1, -0.05) is 49.9 Å². The molecule has 18 heavy (non-hydrogen) atoms. The standard InChI is InChI=1S/C17H27N/c1-13-7-8-14(2)15(11-13)12-16(18)17(3)9-5-4-6-10-17/h7-8,11,16H,4-6,9-10,12,18H2,1-3H3. The van der Waals surface area contributed by atoms with Crippen LogP contribution in [0.25, 0.3) is 0 Å². The number of benzene rings is 1. The lowest BCUT2D eigenvalue weighted by Crippen LogP contribution is -2.42. The molecule has 1 nitrogen and oxygen atoms in total. The van der Waals surface area contributed by atoms with Gasteiger partial charge < -0.3 is 5.73 Å². The highest BCUT2D eigenvalue weighted by atomic mass is 14.7. The summed E-state index contributed by atoms with van der Waals surface area (Å²) in [5.41, 5.74) is 11.1. The fraction of sp³-hybridized carbons (Fsp3) is 0.647. The Morgan fingerprint density at radius 2 is 1.83 bits per heavy atom. The molecule has 0 radical (unpaired) electrons. The summed E-state index contributed by atoms with van der Waals surface area (Å²) in [7, 11) is 0. The minimum atomic E-state index is 0.304. The quantitative estimate of drug-likeness (QED) is 0.851. The van der Waals surface area contributed by atoms with Gasteiger partial charge in [-0.05, 0) is 49.7 Å². The van der Waals surface area contributed by atoms with E-state index in [-0.39, 0.29) is 0 Å². The van der Waals surface area contributed by atoms with E-state index in [0.29, 0.717) is 11.5 Å². The molecule has 0 bridgehead atoms. The smallest absolute Gasteiger partial charge is 0.0134 e. The highest BCUT2D eigenvalue weighted by Gasteiger charge is 2.33. The van der Waals surface area contributed by atoms with Crippen LogP contribution in [0.2, 0.25) is 0 Å². The van der Waals surface area contributed by atoms with Crippen LogP contribution in [-0.4, -0.2) is 6.04 Å². The van der Waals surface area contributed by atoms with Crippen molar-refractivity contribution in [2.24, 2.45) is 11.1 Å². The van der Waals surface area contributed by atoms with Crippen LogP contribution in [0, 0.1) is 19.3 Å². The van der Waals surface area contributed by atoms with Gasteiger partial charge in [0.1, 0.15) is 0 Å². The summed E-state index contributed by atoms with van der Waals surface area (Å²) < 4.78 is 0. The zero-order valence-electron chi connectivity index (χ0n) is 12.1. The summed E-state index contributed by atoms with van der Waals surface area (Å²) in [6.45, 7) is 6.75. The Bertz CT molecular complexity index is 402. The number of aryl methyl sites for hydroxylation is 2. The molecule has 0 heterocycles. The van der Waals surface area contributed by atoms with Crippen LogP contribution in [0.5, 0.6) is 0 Å². The molecule has 0 saturated heterocycles. The van der Waals surface area contributed by atoms with Crippen LogP contribution in [0.15, 0.2) is 18.2 Å². The Labute approximate surface area is 112 Å². The van der Waals surface area contributed by atoms with E-state index < -0.39 is 0 Å². The maximum absolute atomic E-state index is 6.53. The van der Waals surface area contributed by atoms with Gasteiger partial charge in [-0.3, -0.25) is 0 Å². The fourth-order valence-electron chi connectivity index (χ4n) is 3.23. The molecule has 0 aromatic heterocycles. The molecule has 1 atom stereocenters. The van der Waals surface area contributed by atoms with Gasteiger partial charge in [0.2, 0.25) is 0 Å². The minimum absolute atomic E-state index is 0.304. The number of rotatable bonds is 3. The van der Waals surface area contributed by atoms with Gasteiger partial charge in [0.15, 0.2) is 0 Å². The van der Waals surface area contributed by atoms with Gasteiger partial charge in [0.05, 0.1) is 0 Å². The van der Waals surface area contributed by atoms with Crippen molar-refractivity contribution >= 4 is 0 Å². The van der Waals surface area contributed by atoms with E-state index in [4.69, 9.17) is 5.73 Å². The molecule has 1 unspecified atom stereocenters. The maximum Gasteiger partial charge on any atom is 0.0134 e. The van der Waals surface area contributed by atoms with E-state index in [1.165, 1.54) is 48.8 Å². The first-order valence-corrected chi connectivity index (χ1v) is 7.33. The van der Waals surface area contributed by atoms with Crippen LogP contribution in [0.1, 0.15) is 55.7 Å². The van der Waals surface area contributed by atoms with Crippen LogP contribution >= 0.6 is 0 Å². The SMILES string of the molecule is Cc1ccc(C)c(CC(N)C2(C)CCCCC2)c1. The second-order valence-corrected chi connectivity index (χ2v) is 6.46. The van der Waals surface area contributed by atoms with Crippen molar-refractivity contribution < 1.29 is 0 Å². The molecule has 1 aromatic rings. The van der Waals surface area contributed by atoms with Gasteiger partial charge in [-0.15, -0.1) is 0 Å². The zero-order chi connectivity index (χ0) is 13.2. The summed E-state index contributed by atoms with van der Waals surface area (Å²) in [5, 5.41) is 0. The molecular formula is C17H27N. The minimum Gasteiger partial charge on any atom is -0.327 e. The Morgan fingerprint density at radius 3 is 2.50 bits per heavy atom. The third-order valence-electron chi connectivity index (χ3n) is 4.84. The summed E-state index contributed by atoms with van der Waals surface area (Å²) >= 11 is 0. The molecule has 1 aromatic carbocycles. The maximum atomic E-state index is 6.53. The molecule has 2 N–H and O–H groups in total. The van der Waals surface area contributed by atoms with Crippen LogP contribution in [0.3, 0.4) is 0 Å². The first-order valence-electron chi connectivity index (χ1n) is 7.33. The van der Waals surface area contributed by atoms with Gasteiger partial charge >= 0.3 is 0 Å². The van der Waals surface area contributed by atoms with Crippen LogP contribution in [-0.2, 0) is 6.42 Å². The predicted molar refractivity (Wildman–Crippen MR) is 78.8 cm³/mol. The molecule has 1 fully saturated rings. The zero-order valence-corrected chi connectivity index (χ0v) is 12.1. The van der Waals surface area contributed by atoms with Crippen molar-refractivity contribution in [3.8, 4) is 0 Å². The molecule has 0 spiro atoms. The van der Waals surface area contributed by atoms with Crippen molar-refractivity contribution in [2.75, 3.05) is 0 Å². The first-order chi connectivity index (χ1) is 8.51. The lowest BCUT2D eigenvalue weighted by Gasteiger charge is -2.39. The van der Waals surface area contributed by atoms with Crippen LogP contribution in [0.4, 0.5) is 0 Å². The van der Waals surface area contributed by atoms with Gasteiger partial charge in [-0.25, -0.2) is 0 Å². The van der Waals surface area contributed by atoms with E-state index in [0.717, 1.165) is 6.42 Å². The van der Waals surface area contributed by atoms with Gasteiger partial charge in [0.25, 0.3) is 0 Å². The summed E-state index contributed by atoms with van der Waals surface area (Å²) in [5.74, 6) is 0. The fourth-order valence-corrected chi connectivity index (χ4v) is 3.23. The summed E-state index contributed by atoms with van der Waals surface area (Å²) in [4.78, 5) is 0. The van der Waals surface area contributed by atoms with E-state index in [2.05, 4.69) is 39.0 Å². The number of hydrogen-bond acceptors (Lipinski definition) is 1. The topological polar surface area (TPSA) is 26.0 Å². The highest BCUT2D eigenvalue weighted by Crippen LogP contribution is 2.39. The van der Waals surface area contributed by atoms with Crippen molar-refractivity contribution in [3.63, 3.8) is 0 Å². The van der Waals surface area contributed by atoms with E-state index in [1.54, 1.807) is 0 Å². The van der Waals surface area contributed by atoms with Crippen molar-refractivity contribution in [3.05, 3.63) is 34.9 Å². The molecule has 1 aliphatic rings. The second-order valence-electron chi connectivity index (χ2n) is 6.46. The molecule has 0 aliphatic heterocycles. The molecule has 2 rings (SSSR count). The molecular weight excluding hydrogens is 218 g/mol. The average Bonchev–Trinajstić information content (AvgIpc) is 2.35. The molecule has 1 aliphatic carbocycles. The van der Waals surface area contributed by atoms with Crippen molar-refractivity contribution in [1.29, 1.82) is 0 Å². The Balaban J connectivity index is 2.10. The number of nitrogens with two attached hydrogens (primary N) is 1. The largest absolute Gasteiger partial charge is 0.327 e. The van der Waals surface area contributed by atoms with Gasteiger partial charge in [-0.2, -0.15) is 0 Å². The molecule has 1 heteroatoms. The molecule has 1 saturated carbocycles. The number of hydrogen-bond donors (Lipinski definition) is 1. The van der Waals surface area contributed by atoms with Crippen molar-refractivity contribution in [2.45, 2.75) is 65.3 Å². The third kappa shape index (κ3) is 2.95. The monoisotopic (exact) mass is 245 g/mol. The van der Waals surface area contributed by atoms with E-state index in [1.807, 2.05) is 0 Å². The molecule has 100 valence electrons. The highest BCUT2D eigenvalue weighted by molar-refractivity contribution is 5.31. The normalized spacial score (nSPS) is 20.7. The predicted octanol–water partition coefficient (Wildman–Crippen LogP) is 4.14. The van der Waals surface area contributed by atoms with Gasteiger partial charge in [0, 0.05) is 6.04 Å². The average molecular weight is 245 g/mol. The van der Waals surface area contributed by atoms with Crippen LogP contribution < -0.4 is 5.73 Å².